The van der Waals surface area contributed by atoms with Crippen molar-refractivity contribution >= 4 is 24.4 Å². The molecule has 2 heterocycles. The van der Waals surface area contributed by atoms with Crippen molar-refractivity contribution in [2.24, 2.45) is 0 Å². The Hall–Kier alpha value is -2.40. The second-order valence-corrected chi connectivity index (χ2v) is 4.47. The zero-order chi connectivity index (χ0) is 16.9. The predicted molar refractivity (Wildman–Crippen MR) is 73.7 cm³/mol. The lowest BCUT2D eigenvalue weighted by molar-refractivity contribution is -0.244. The molecule has 2 aromatic heterocycles. The molecule has 0 aromatic carbocycles. The minimum Gasteiger partial charge on any atom is -0.418 e. The average Bonchev–Trinajstić information content (AvgIpc) is 2.76. The van der Waals surface area contributed by atoms with Gasteiger partial charge in [0.05, 0.1) is 0 Å². The molecule has 0 fully saturated rings. The number of urea groups is 1. The van der Waals surface area contributed by atoms with Crippen LogP contribution in [0.15, 0.2) is 18.3 Å². The van der Waals surface area contributed by atoms with E-state index in [4.69, 9.17) is 4.53 Å². The average molecular weight is 322 g/mol. The zero-order valence-corrected chi connectivity index (χ0v) is 12.4. The highest BCUT2D eigenvalue weighted by Crippen LogP contribution is 2.09. The standard InChI is InChI=1S/C10H15N6O.BF4/c1-14(2)10(15(3)4)17-16-8-6-5-7-11-9(8)12-13-16;2-1(3,4)5/h5-7H,1-4H3;/q+1;-1. The number of hydrogen-bond acceptors (Lipinski definition) is 3. The first-order valence-corrected chi connectivity index (χ1v) is 6.03. The van der Waals surface area contributed by atoms with Gasteiger partial charge in [0.1, 0.15) is 4.85 Å². The summed E-state index contributed by atoms with van der Waals surface area (Å²) in [4.78, 5) is 9.15. The van der Waals surface area contributed by atoms with Crippen molar-refractivity contribution < 1.29 is 21.8 Å². The lowest BCUT2D eigenvalue weighted by Crippen LogP contribution is -2.35. The summed E-state index contributed by atoms with van der Waals surface area (Å²) in [5.41, 5.74) is 1.29. The van der Waals surface area contributed by atoms with Crippen molar-refractivity contribution in [3.63, 3.8) is 0 Å². The Morgan fingerprint density at radius 1 is 1.14 bits per heavy atom. The first-order valence-electron chi connectivity index (χ1n) is 6.03. The third-order valence-electron chi connectivity index (χ3n) is 2.13. The van der Waals surface area contributed by atoms with Gasteiger partial charge in [0.25, 0.3) is 0 Å². The number of halogens is 4. The predicted octanol–water partition coefficient (Wildman–Crippen LogP) is 1.67. The number of amides is 2. The first kappa shape index (κ1) is 17.7. The van der Waals surface area contributed by atoms with E-state index in [-0.39, 0.29) is 0 Å². The van der Waals surface area contributed by atoms with Crippen LogP contribution in [-0.4, -0.2) is 71.4 Å². The molecule has 122 valence electrons. The van der Waals surface area contributed by atoms with E-state index in [1.807, 2.05) is 50.1 Å². The molecule has 0 atom stereocenters. The molecule has 0 aliphatic rings. The third kappa shape index (κ3) is 5.54. The number of rotatable bonds is 1. The summed E-state index contributed by atoms with van der Waals surface area (Å²) in [6.07, 6.45) is 1.67. The van der Waals surface area contributed by atoms with E-state index < -0.39 is 7.25 Å². The molecule has 0 aliphatic heterocycles. The van der Waals surface area contributed by atoms with Crippen molar-refractivity contribution in [2.45, 2.75) is 0 Å². The van der Waals surface area contributed by atoms with Gasteiger partial charge >= 0.3 is 13.3 Å². The summed E-state index contributed by atoms with van der Waals surface area (Å²) in [7, 11) is 1.58. The molecule has 0 N–H and O–H groups in total. The molecule has 22 heavy (non-hydrogen) atoms. The van der Waals surface area contributed by atoms with Gasteiger partial charge in [-0.1, -0.05) is 0 Å². The van der Waals surface area contributed by atoms with Crippen molar-refractivity contribution in [3.8, 4) is 0 Å². The fraction of sp³-hybridized carbons (Fsp3) is 0.400. The lowest BCUT2D eigenvalue weighted by Gasteiger charge is -2.10. The minimum atomic E-state index is -6.00. The van der Waals surface area contributed by atoms with E-state index in [0.29, 0.717) is 11.7 Å². The van der Waals surface area contributed by atoms with Crippen LogP contribution in [0.5, 0.6) is 0 Å². The molecule has 0 aliphatic carbocycles. The maximum atomic E-state index is 9.75. The summed E-state index contributed by atoms with van der Waals surface area (Å²) in [6, 6.07) is 4.32. The molecule has 0 radical (unpaired) electrons. The highest BCUT2D eigenvalue weighted by molar-refractivity contribution is 6.50. The maximum Gasteiger partial charge on any atom is 0.673 e. The molecule has 0 unspecified atom stereocenters. The normalized spacial score (nSPS) is 10.7. The molecule has 0 bridgehead atoms. The van der Waals surface area contributed by atoms with Gasteiger partial charge in [0.2, 0.25) is 11.2 Å². The van der Waals surface area contributed by atoms with Crippen molar-refractivity contribution in [1.29, 1.82) is 0 Å². The minimum absolute atomic E-state index is 0.560. The molecule has 2 amide bonds. The van der Waals surface area contributed by atoms with Gasteiger partial charge in [-0.25, -0.2) is 4.98 Å². The van der Waals surface area contributed by atoms with Gasteiger partial charge in [-0.3, -0.25) is 9.80 Å². The first-order chi connectivity index (χ1) is 10.1. The van der Waals surface area contributed by atoms with Crippen LogP contribution in [0, 0.1) is 0 Å². The number of carbonyl (C=O) groups excluding carboxylic acids is 1. The van der Waals surface area contributed by atoms with Crippen molar-refractivity contribution in [1.82, 2.24) is 29.9 Å². The monoisotopic (exact) mass is 322 g/mol. The molecule has 0 saturated heterocycles. The van der Waals surface area contributed by atoms with E-state index in [2.05, 4.69) is 15.3 Å². The van der Waals surface area contributed by atoms with Crippen LogP contribution in [-0.2, 0) is 0 Å². The molecular weight excluding hydrogens is 307 g/mol. The number of nitrogens with zero attached hydrogens (tertiary/aromatic N) is 6. The van der Waals surface area contributed by atoms with Gasteiger partial charge in [0.15, 0.2) is 0 Å². The second-order valence-electron chi connectivity index (χ2n) is 4.47. The van der Waals surface area contributed by atoms with Crippen LogP contribution < -0.4 is 0 Å². The Morgan fingerprint density at radius 3 is 2.18 bits per heavy atom. The van der Waals surface area contributed by atoms with Gasteiger partial charge < -0.3 is 17.3 Å². The summed E-state index contributed by atoms with van der Waals surface area (Å²) >= 11 is 0. The van der Waals surface area contributed by atoms with E-state index in [1.54, 1.807) is 6.20 Å². The summed E-state index contributed by atoms with van der Waals surface area (Å²) < 4.78 is 44.7. The van der Waals surface area contributed by atoms with Gasteiger partial charge in [0, 0.05) is 39.6 Å². The molecule has 12 heteroatoms. The van der Waals surface area contributed by atoms with E-state index in [0.717, 1.165) is 5.52 Å². The van der Waals surface area contributed by atoms with Crippen LogP contribution in [0.1, 0.15) is 0 Å². The molecule has 7 nitrogen and oxygen atoms in total. The number of pyridine rings is 1. The van der Waals surface area contributed by atoms with Gasteiger partial charge in [-0.15, -0.1) is 5.10 Å². The summed E-state index contributed by atoms with van der Waals surface area (Å²) in [5.74, 6) is 0. The molecule has 2 rings (SSSR count). The number of aromatic nitrogens is 4. The molecule has 0 spiro atoms. The van der Waals surface area contributed by atoms with E-state index in [9.17, 15) is 17.3 Å². The second kappa shape index (κ2) is 7.05. The van der Waals surface area contributed by atoms with Gasteiger partial charge in [-0.05, 0) is 16.7 Å². The maximum absolute atomic E-state index is 9.75. The fourth-order valence-electron chi connectivity index (χ4n) is 1.45. The topological polar surface area (TPSA) is 61.4 Å². The molecule has 0 saturated carbocycles. The lowest BCUT2D eigenvalue weighted by atomic mass is 10.3. The smallest absolute Gasteiger partial charge is 0.418 e. The quantitative estimate of drug-likeness (QED) is 0.456. The van der Waals surface area contributed by atoms with Crippen molar-refractivity contribution in [2.75, 3.05) is 28.2 Å². The number of hydrogen-bond donors (Lipinski definition) is 0. The fourth-order valence-corrected chi connectivity index (χ4v) is 1.45. The van der Waals surface area contributed by atoms with E-state index in [1.165, 1.54) is 4.85 Å². The SMILES string of the molecule is CN(C)C(=[O+]n1nnc2ncccc21)N(C)C.F[B-](F)(F)F. The third-order valence-corrected chi connectivity index (χ3v) is 2.13. The van der Waals surface area contributed by atoms with Crippen LogP contribution >= 0.6 is 0 Å². The Labute approximate surface area is 123 Å². The zero-order valence-electron chi connectivity index (χ0n) is 12.4. The van der Waals surface area contributed by atoms with Crippen LogP contribution in [0.2, 0.25) is 0 Å². The highest BCUT2D eigenvalue weighted by atomic mass is 19.5. The van der Waals surface area contributed by atoms with Crippen LogP contribution in [0.4, 0.5) is 21.8 Å². The summed E-state index contributed by atoms with van der Waals surface area (Å²) in [6.45, 7) is 0. The molecule has 2 aromatic rings. The summed E-state index contributed by atoms with van der Waals surface area (Å²) in [5, 5.41) is 7.82. The van der Waals surface area contributed by atoms with Crippen LogP contribution in [0.3, 0.4) is 0 Å². The number of fused-ring (bicyclic) bond motifs is 1. The van der Waals surface area contributed by atoms with Crippen LogP contribution in [0.25, 0.3) is 11.2 Å². The Kier molecular flexibility index (Phi) is 5.66. The van der Waals surface area contributed by atoms with Crippen molar-refractivity contribution in [3.05, 3.63) is 18.3 Å². The van der Waals surface area contributed by atoms with E-state index >= 15 is 0 Å². The Balaban J connectivity index is 0.000000422. The largest absolute Gasteiger partial charge is 0.673 e. The molecular formula is C10H15BF4N6O. The Bertz CT molecular complexity index is 626. The Morgan fingerprint density at radius 2 is 1.68 bits per heavy atom. The highest BCUT2D eigenvalue weighted by Gasteiger charge is 2.23. The van der Waals surface area contributed by atoms with Gasteiger partial charge in [-0.2, -0.15) is 0 Å².